The first-order valence-corrected chi connectivity index (χ1v) is 9.29. The SMILES string of the molecule is CCNC(=NCC(=O)NC(C)(C)C)NCCc1cnn(-c2ccccc2)c1. The van der Waals surface area contributed by atoms with Crippen molar-refractivity contribution >= 4 is 11.9 Å². The van der Waals surface area contributed by atoms with E-state index in [0.29, 0.717) is 12.5 Å². The van der Waals surface area contributed by atoms with Gasteiger partial charge in [0.2, 0.25) is 5.91 Å². The zero-order valence-corrected chi connectivity index (χ0v) is 16.6. The molecule has 146 valence electrons. The van der Waals surface area contributed by atoms with E-state index in [2.05, 4.69) is 26.0 Å². The second-order valence-corrected chi connectivity index (χ2v) is 7.30. The van der Waals surface area contributed by atoms with Gasteiger partial charge >= 0.3 is 0 Å². The van der Waals surface area contributed by atoms with E-state index < -0.39 is 0 Å². The number of carbonyl (C=O) groups excluding carboxylic acids is 1. The number of nitrogens with one attached hydrogen (secondary N) is 3. The van der Waals surface area contributed by atoms with Gasteiger partial charge in [-0.15, -0.1) is 0 Å². The molecule has 1 aromatic carbocycles. The molecule has 7 heteroatoms. The van der Waals surface area contributed by atoms with Gasteiger partial charge in [0.05, 0.1) is 11.9 Å². The number of hydrogen-bond acceptors (Lipinski definition) is 3. The summed E-state index contributed by atoms with van der Waals surface area (Å²) in [5, 5.41) is 13.7. The Kier molecular flexibility index (Phi) is 7.40. The van der Waals surface area contributed by atoms with Crippen molar-refractivity contribution in [2.24, 2.45) is 4.99 Å². The Balaban J connectivity index is 1.84. The number of para-hydroxylation sites is 1. The number of amides is 1. The molecule has 1 heterocycles. The Labute approximate surface area is 161 Å². The summed E-state index contributed by atoms with van der Waals surface area (Å²) in [4.78, 5) is 16.3. The number of benzene rings is 1. The molecule has 1 aromatic heterocycles. The number of hydrogen-bond donors (Lipinski definition) is 3. The highest BCUT2D eigenvalue weighted by molar-refractivity contribution is 5.85. The molecule has 0 aliphatic carbocycles. The molecule has 0 bridgehead atoms. The fraction of sp³-hybridized carbons (Fsp3) is 0.450. The molecule has 7 nitrogen and oxygen atoms in total. The number of carbonyl (C=O) groups is 1. The van der Waals surface area contributed by atoms with Gasteiger partial charge in [0, 0.05) is 24.8 Å². The lowest BCUT2D eigenvalue weighted by Crippen LogP contribution is -2.43. The lowest BCUT2D eigenvalue weighted by atomic mass is 10.1. The summed E-state index contributed by atoms with van der Waals surface area (Å²) < 4.78 is 1.87. The Hall–Kier alpha value is -2.83. The summed E-state index contributed by atoms with van der Waals surface area (Å²) in [6, 6.07) is 10.0. The van der Waals surface area contributed by atoms with Crippen molar-refractivity contribution in [3.05, 3.63) is 48.3 Å². The van der Waals surface area contributed by atoms with E-state index in [-0.39, 0.29) is 18.0 Å². The molecule has 2 aromatic rings. The molecule has 27 heavy (non-hydrogen) atoms. The van der Waals surface area contributed by atoms with Gasteiger partial charge < -0.3 is 16.0 Å². The maximum atomic E-state index is 11.9. The van der Waals surface area contributed by atoms with Gasteiger partial charge in [-0.05, 0) is 51.8 Å². The van der Waals surface area contributed by atoms with Crippen molar-refractivity contribution in [2.75, 3.05) is 19.6 Å². The average Bonchev–Trinajstić information content (AvgIpc) is 3.08. The van der Waals surface area contributed by atoms with E-state index in [1.807, 2.05) is 75.1 Å². The molecule has 0 fully saturated rings. The van der Waals surface area contributed by atoms with E-state index in [0.717, 1.165) is 24.2 Å². The van der Waals surface area contributed by atoms with Crippen LogP contribution in [0.3, 0.4) is 0 Å². The van der Waals surface area contributed by atoms with Gasteiger partial charge in [-0.2, -0.15) is 5.10 Å². The second-order valence-electron chi connectivity index (χ2n) is 7.30. The average molecular weight is 371 g/mol. The molecular formula is C20H30N6O. The standard InChI is InChI=1S/C20H30N6O/c1-5-21-19(23-14-18(27)25-20(2,3)4)22-12-11-16-13-24-26(15-16)17-9-7-6-8-10-17/h6-10,13,15H,5,11-12,14H2,1-4H3,(H,25,27)(H2,21,22,23). The summed E-state index contributed by atoms with van der Waals surface area (Å²) in [6.07, 6.45) is 4.71. The molecule has 0 atom stereocenters. The van der Waals surface area contributed by atoms with Gasteiger partial charge in [0.15, 0.2) is 5.96 Å². The number of aliphatic imine (C=N–C) groups is 1. The van der Waals surface area contributed by atoms with Crippen LogP contribution in [0.25, 0.3) is 5.69 Å². The molecule has 0 aliphatic heterocycles. The predicted octanol–water partition coefficient (Wildman–Crippen LogP) is 1.88. The molecular weight excluding hydrogens is 340 g/mol. The first-order valence-electron chi connectivity index (χ1n) is 9.29. The maximum absolute atomic E-state index is 11.9. The first kappa shape index (κ1) is 20.5. The van der Waals surface area contributed by atoms with Crippen molar-refractivity contribution in [1.29, 1.82) is 0 Å². The van der Waals surface area contributed by atoms with E-state index in [1.54, 1.807) is 0 Å². The molecule has 1 amide bonds. The highest BCUT2D eigenvalue weighted by atomic mass is 16.2. The second kappa shape index (κ2) is 9.75. The molecule has 0 saturated carbocycles. The minimum Gasteiger partial charge on any atom is -0.357 e. The third-order valence-corrected chi connectivity index (χ3v) is 3.60. The lowest BCUT2D eigenvalue weighted by Gasteiger charge is -2.20. The first-order chi connectivity index (χ1) is 12.9. The van der Waals surface area contributed by atoms with Crippen LogP contribution in [0.15, 0.2) is 47.7 Å². The van der Waals surface area contributed by atoms with Crippen LogP contribution in [-0.2, 0) is 11.2 Å². The fourth-order valence-electron chi connectivity index (χ4n) is 2.49. The zero-order chi connectivity index (χ0) is 19.7. The van der Waals surface area contributed by atoms with E-state index in [1.165, 1.54) is 0 Å². The van der Waals surface area contributed by atoms with E-state index >= 15 is 0 Å². The summed E-state index contributed by atoms with van der Waals surface area (Å²) >= 11 is 0. The van der Waals surface area contributed by atoms with Crippen LogP contribution in [0.1, 0.15) is 33.3 Å². The fourth-order valence-corrected chi connectivity index (χ4v) is 2.49. The molecule has 0 aliphatic rings. The minimum absolute atomic E-state index is 0.0937. The Morgan fingerprint density at radius 2 is 1.93 bits per heavy atom. The van der Waals surface area contributed by atoms with Crippen LogP contribution in [0.4, 0.5) is 0 Å². The molecule has 0 unspecified atom stereocenters. The number of rotatable bonds is 7. The molecule has 0 spiro atoms. The Morgan fingerprint density at radius 1 is 1.19 bits per heavy atom. The topological polar surface area (TPSA) is 83.3 Å². The largest absolute Gasteiger partial charge is 0.357 e. The van der Waals surface area contributed by atoms with Gasteiger partial charge in [-0.3, -0.25) is 4.79 Å². The monoisotopic (exact) mass is 370 g/mol. The Bertz CT molecular complexity index is 745. The van der Waals surface area contributed by atoms with Crippen molar-refractivity contribution in [3.8, 4) is 5.69 Å². The van der Waals surface area contributed by atoms with Crippen LogP contribution >= 0.6 is 0 Å². The maximum Gasteiger partial charge on any atom is 0.242 e. The van der Waals surface area contributed by atoms with Crippen LogP contribution in [0.2, 0.25) is 0 Å². The van der Waals surface area contributed by atoms with Gasteiger partial charge in [-0.25, -0.2) is 9.67 Å². The molecule has 0 radical (unpaired) electrons. The molecule has 0 saturated heterocycles. The zero-order valence-electron chi connectivity index (χ0n) is 16.6. The minimum atomic E-state index is -0.253. The van der Waals surface area contributed by atoms with Gasteiger partial charge in [0.25, 0.3) is 0 Å². The Morgan fingerprint density at radius 3 is 2.59 bits per heavy atom. The smallest absolute Gasteiger partial charge is 0.242 e. The lowest BCUT2D eigenvalue weighted by molar-refractivity contribution is -0.121. The van der Waals surface area contributed by atoms with Crippen LogP contribution in [0.5, 0.6) is 0 Å². The summed E-state index contributed by atoms with van der Waals surface area (Å²) in [5.74, 6) is 0.542. The highest BCUT2D eigenvalue weighted by Gasteiger charge is 2.13. The summed E-state index contributed by atoms with van der Waals surface area (Å²) in [7, 11) is 0. The predicted molar refractivity (Wildman–Crippen MR) is 109 cm³/mol. The van der Waals surface area contributed by atoms with Gasteiger partial charge in [-0.1, -0.05) is 18.2 Å². The van der Waals surface area contributed by atoms with Crippen molar-refractivity contribution in [3.63, 3.8) is 0 Å². The summed E-state index contributed by atoms with van der Waals surface area (Å²) in [5.41, 5.74) is 1.92. The normalized spacial score (nSPS) is 11.9. The van der Waals surface area contributed by atoms with Crippen molar-refractivity contribution < 1.29 is 4.79 Å². The quantitative estimate of drug-likeness (QED) is 0.513. The van der Waals surface area contributed by atoms with Gasteiger partial charge in [0.1, 0.15) is 6.54 Å². The third kappa shape index (κ3) is 7.52. The molecule has 3 N–H and O–H groups in total. The van der Waals surface area contributed by atoms with Crippen LogP contribution in [-0.4, -0.2) is 46.8 Å². The third-order valence-electron chi connectivity index (χ3n) is 3.60. The van der Waals surface area contributed by atoms with Crippen LogP contribution in [0, 0.1) is 0 Å². The van der Waals surface area contributed by atoms with Crippen molar-refractivity contribution in [2.45, 2.75) is 39.7 Å². The molecule has 2 rings (SSSR count). The van der Waals surface area contributed by atoms with E-state index in [4.69, 9.17) is 0 Å². The highest BCUT2D eigenvalue weighted by Crippen LogP contribution is 2.07. The number of aromatic nitrogens is 2. The number of guanidine groups is 1. The number of nitrogens with zero attached hydrogens (tertiary/aromatic N) is 3. The van der Waals surface area contributed by atoms with E-state index in [9.17, 15) is 4.79 Å². The van der Waals surface area contributed by atoms with Crippen molar-refractivity contribution in [1.82, 2.24) is 25.7 Å². The van der Waals surface area contributed by atoms with Crippen LogP contribution < -0.4 is 16.0 Å². The summed E-state index contributed by atoms with van der Waals surface area (Å²) in [6.45, 7) is 9.38.